The molecule has 0 atom stereocenters. The van der Waals surface area contributed by atoms with Gasteiger partial charge >= 0.3 is 0 Å². The van der Waals surface area contributed by atoms with Gasteiger partial charge in [0, 0.05) is 0 Å². The average molecular weight is 274 g/mol. The second kappa shape index (κ2) is 5.61. The summed E-state index contributed by atoms with van der Waals surface area (Å²) >= 11 is 0. The maximum absolute atomic E-state index is 13.8. The summed E-state index contributed by atoms with van der Waals surface area (Å²) in [7, 11) is 1.38. The van der Waals surface area contributed by atoms with Crippen molar-refractivity contribution in [1.82, 2.24) is 0 Å². The number of ether oxygens (including phenoxy) is 1. The molecule has 0 aromatic heterocycles. The van der Waals surface area contributed by atoms with Gasteiger partial charge in [-0.1, -0.05) is 12.1 Å². The number of nitrogen functional groups attached to an aromatic ring is 1. The third-order valence-corrected chi connectivity index (χ3v) is 2.88. The summed E-state index contributed by atoms with van der Waals surface area (Å²) in [4.78, 5) is 12.2. The van der Waals surface area contributed by atoms with E-state index in [-0.39, 0.29) is 11.3 Å². The number of amides is 1. The Morgan fingerprint density at radius 2 is 2.05 bits per heavy atom. The SMILES string of the molecule is COc1cccc(F)c1C(=O)Nc1ccc(C)cc1N. The molecule has 0 spiro atoms. The van der Waals surface area contributed by atoms with Gasteiger partial charge in [-0.25, -0.2) is 4.39 Å². The lowest BCUT2D eigenvalue weighted by Gasteiger charge is -2.12. The normalized spacial score (nSPS) is 10.2. The van der Waals surface area contributed by atoms with Gasteiger partial charge in [0.15, 0.2) is 0 Å². The van der Waals surface area contributed by atoms with Gasteiger partial charge in [0.2, 0.25) is 0 Å². The van der Waals surface area contributed by atoms with E-state index in [0.29, 0.717) is 11.4 Å². The van der Waals surface area contributed by atoms with Crippen molar-refractivity contribution in [2.75, 3.05) is 18.2 Å². The minimum atomic E-state index is -0.646. The summed E-state index contributed by atoms with van der Waals surface area (Å²) in [5.41, 5.74) is 7.51. The van der Waals surface area contributed by atoms with E-state index in [2.05, 4.69) is 5.32 Å². The van der Waals surface area contributed by atoms with E-state index in [1.807, 2.05) is 13.0 Å². The first kappa shape index (κ1) is 13.9. The first-order valence-corrected chi connectivity index (χ1v) is 6.03. The van der Waals surface area contributed by atoms with E-state index >= 15 is 0 Å². The number of aryl methyl sites for hydroxylation is 1. The number of hydrogen-bond donors (Lipinski definition) is 2. The fraction of sp³-hybridized carbons (Fsp3) is 0.133. The fourth-order valence-corrected chi connectivity index (χ4v) is 1.88. The number of carbonyl (C=O) groups excluding carboxylic acids is 1. The summed E-state index contributed by atoms with van der Waals surface area (Å²) in [6.07, 6.45) is 0. The standard InChI is InChI=1S/C15H15FN2O2/c1-9-6-7-12(11(17)8-9)18-15(19)14-10(16)4-3-5-13(14)20-2/h3-8H,17H2,1-2H3,(H,18,19). The molecule has 0 heterocycles. The van der Waals surface area contributed by atoms with E-state index in [9.17, 15) is 9.18 Å². The number of anilines is 2. The summed E-state index contributed by atoms with van der Waals surface area (Å²) in [6.45, 7) is 1.89. The zero-order chi connectivity index (χ0) is 14.7. The first-order valence-electron chi connectivity index (χ1n) is 6.03. The Hall–Kier alpha value is -2.56. The maximum atomic E-state index is 13.8. The molecule has 0 saturated carbocycles. The predicted octanol–water partition coefficient (Wildman–Crippen LogP) is 2.98. The van der Waals surface area contributed by atoms with Gasteiger partial charge in [0.25, 0.3) is 5.91 Å². The van der Waals surface area contributed by atoms with Crippen LogP contribution in [0, 0.1) is 12.7 Å². The maximum Gasteiger partial charge on any atom is 0.262 e. The molecule has 4 nitrogen and oxygen atoms in total. The highest BCUT2D eigenvalue weighted by atomic mass is 19.1. The molecule has 0 unspecified atom stereocenters. The molecule has 2 rings (SSSR count). The fourth-order valence-electron chi connectivity index (χ4n) is 1.88. The zero-order valence-corrected chi connectivity index (χ0v) is 11.2. The van der Waals surface area contributed by atoms with Crippen LogP contribution in [-0.4, -0.2) is 13.0 Å². The monoisotopic (exact) mass is 274 g/mol. The minimum Gasteiger partial charge on any atom is -0.496 e. The molecular weight excluding hydrogens is 259 g/mol. The number of halogens is 1. The van der Waals surface area contributed by atoms with Crippen molar-refractivity contribution in [2.45, 2.75) is 6.92 Å². The van der Waals surface area contributed by atoms with Crippen LogP contribution >= 0.6 is 0 Å². The van der Waals surface area contributed by atoms with Crippen LogP contribution in [0.4, 0.5) is 15.8 Å². The van der Waals surface area contributed by atoms with E-state index in [1.165, 1.54) is 25.3 Å². The van der Waals surface area contributed by atoms with Crippen molar-refractivity contribution in [3.8, 4) is 5.75 Å². The van der Waals surface area contributed by atoms with Crippen LogP contribution in [0.3, 0.4) is 0 Å². The molecule has 0 fully saturated rings. The molecular formula is C15H15FN2O2. The molecule has 2 aromatic carbocycles. The highest BCUT2D eigenvalue weighted by Gasteiger charge is 2.18. The molecule has 0 aliphatic rings. The minimum absolute atomic E-state index is 0.144. The lowest BCUT2D eigenvalue weighted by atomic mass is 10.1. The third-order valence-electron chi connectivity index (χ3n) is 2.88. The molecule has 0 aliphatic carbocycles. The molecule has 1 amide bonds. The summed E-state index contributed by atoms with van der Waals surface area (Å²) in [6, 6.07) is 9.42. The lowest BCUT2D eigenvalue weighted by molar-refractivity contribution is 0.102. The van der Waals surface area contributed by atoms with E-state index < -0.39 is 11.7 Å². The van der Waals surface area contributed by atoms with Crippen LogP contribution in [0.15, 0.2) is 36.4 Å². The predicted molar refractivity (Wildman–Crippen MR) is 76.5 cm³/mol. The van der Waals surface area contributed by atoms with Gasteiger partial charge in [-0.3, -0.25) is 4.79 Å². The van der Waals surface area contributed by atoms with Crippen molar-refractivity contribution in [2.24, 2.45) is 0 Å². The number of benzene rings is 2. The van der Waals surface area contributed by atoms with Crippen molar-refractivity contribution >= 4 is 17.3 Å². The second-order valence-corrected chi connectivity index (χ2v) is 4.36. The Balaban J connectivity index is 2.33. The number of hydrogen-bond acceptors (Lipinski definition) is 3. The van der Waals surface area contributed by atoms with Crippen molar-refractivity contribution in [1.29, 1.82) is 0 Å². The highest BCUT2D eigenvalue weighted by molar-refractivity contribution is 6.07. The topological polar surface area (TPSA) is 64.3 Å². The van der Waals surface area contributed by atoms with Gasteiger partial charge < -0.3 is 15.8 Å². The lowest BCUT2D eigenvalue weighted by Crippen LogP contribution is -2.16. The third kappa shape index (κ3) is 2.71. The number of nitrogens with two attached hydrogens (primary N) is 1. The molecule has 0 bridgehead atoms. The van der Waals surface area contributed by atoms with E-state index in [1.54, 1.807) is 12.1 Å². The molecule has 20 heavy (non-hydrogen) atoms. The van der Waals surface area contributed by atoms with Gasteiger partial charge in [-0.2, -0.15) is 0 Å². The number of nitrogens with one attached hydrogen (secondary N) is 1. The molecule has 0 radical (unpaired) electrons. The van der Waals surface area contributed by atoms with Crippen LogP contribution < -0.4 is 15.8 Å². The zero-order valence-electron chi connectivity index (χ0n) is 11.2. The largest absolute Gasteiger partial charge is 0.496 e. The van der Waals surface area contributed by atoms with Crippen molar-refractivity contribution in [3.63, 3.8) is 0 Å². The molecule has 2 aromatic rings. The summed E-state index contributed by atoms with van der Waals surface area (Å²) in [5, 5.41) is 2.59. The molecule has 104 valence electrons. The Bertz CT molecular complexity index is 656. The van der Waals surface area contributed by atoms with Crippen LogP contribution in [0.5, 0.6) is 5.75 Å². The van der Waals surface area contributed by atoms with Crippen LogP contribution in [0.1, 0.15) is 15.9 Å². The van der Waals surface area contributed by atoms with Crippen molar-refractivity contribution < 1.29 is 13.9 Å². The van der Waals surface area contributed by atoms with Crippen LogP contribution in [-0.2, 0) is 0 Å². The Kier molecular flexibility index (Phi) is 3.89. The van der Waals surface area contributed by atoms with Crippen molar-refractivity contribution in [3.05, 3.63) is 53.3 Å². The Morgan fingerprint density at radius 3 is 2.70 bits per heavy atom. The first-order chi connectivity index (χ1) is 9.52. The number of carbonyl (C=O) groups is 1. The highest BCUT2D eigenvalue weighted by Crippen LogP contribution is 2.25. The van der Waals surface area contributed by atoms with Gasteiger partial charge in [-0.15, -0.1) is 0 Å². The second-order valence-electron chi connectivity index (χ2n) is 4.36. The average Bonchev–Trinajstić information content (AvgIpc) is 2.41. The molecule has 5 heteroatoms. The Labute approximate surface area is 116 Å². The Morgan fingerprint density at radius 1 is 1.30 bits per heavy atom. The molecule has 0 aliphatic heterocycles. The van der Waals surface area contributed by atoms with Gasteiger partial charge in [-0.05, 0) is 36.8 Å². The van der Waals surface area contributed by atoms with E-state index in [4.69, 9.17) is 10.5 Å². The van der Waals surface area contributed by atoms with Gasteiger partial charge in [0.05, 0.1) is 18.5 Å². The summed E-state index contributed by atoms with van der Waals surface area (Å²) in [5.74, 6) is -1.07. The smallest absolute Gasteiger partial charge is 0.262 e. The van der Waals surface area contributed by atoms with Crippen LogP contribution in [0.2, 0.25) is 0 Å². The number of methoxy groups -OCH3 is 1. The number of rotatable bonds is 3. The van der Waals surface area contributed by atoms with Crippen LogP contribution in [0.25, 0.3) is 0 Å². The summed E-state index contributed by atoms with van der Waals surface area (Å²) < 4.78 is 18.8. The van der Waals surface area contributed by atoms with Gasteiger partial charge in [0.1, 0.15) is 17.1 Å². The van der Waals surface area contributed by atoms with E-state index in [0.717, 1.165) is 5.56 Å². The molecule has 0 saturated heterocycles. The molecule has 3 N–H and O–H groups in total. The quantitative estimate of drug-likeness (QED) is 0.846.